The van der Waals surface area contributed by atoms with Crippen LogP contribution in [0.1, 0.15) is 37.7 Å². The van der Waals surface area contributed by atoms with E-state index >= 15 is 0 Å². The van der Waals surface area contributed by atoms with Crippen molar-refractivity contribution in [1.82, 2.24) is 4.90 Å². The molecule has 2 nitrogen and oxygen atoms in total. The van der Waals surface area contributed by atoms with Crippen LogP contribution in [0.15, 0.2) is 30.3 Å². The van der Waals surface area contributed by atoms with Gasteiger partial charge in [-0.25, -0.2) is 0 Å². The minimum absolute atomic E-state index is 0.649. The molecule has 0 amide bonds. The van der Waals surface area contributed by atoms with Crippen LogP contribution in [0.25, 0.3) is 0 Å². The average molecular weight is 246 g/mol. The molecule has 1 heterocycles. The Morgan fingerprint density at radius 2 is 1.94 bits per heavy atom. The predicted octanol–water partition coefficient (Wildman–Crippen LogP) is 2.82. The van der Waals surface area contributed by atoms with Gasteiger partial charge in [-0.3, -0.25) is 4.90 Å². The van der Waals surface area contributed by atoms with Crippen molar-refractivity contribution in [3.05, 3.63) is 35.9 Å². The van der Waals surface area contributed by atoms with Crippen molar-refractivity contribution in [2.24, 2.45) is 5.73 Å². The molecule has 1 aliphatic heterocycles. The van der Waals surface area contributed by atoms with E-state index in [4.69, 9.17) is 5.73 Å². The number of aryl methyl sites for hydroxylation is 1. The third-order valence-corrected chi connectivity index (χ3v) is 4.02. The summed E-state index contributed by atoms with van der Waals surface area (Å²) in [5.74, 6) is 0. The second-order valence-electron chi connectivity index (χ2n) is 5.36. The standard InChI is InChI=1S/C16H26N2/c17-14-16-11-5-7-13-18(16)12-6-4-10-15-8-2-1-3-9-15/h1-3,8-9,16H,4-7,10-14,17H2/t16-/m0/s1. The summed E-state index contributed by atoms with van der Waals surface area (Å²) in [6.07, 6.45) is 7.82. The first kappa shape index (κ1) is 13.6. The molecule has 1 aromatic carbocycles. The fourth-order valence-electron chi connectivity index (χ4n) is 2.91. The van der Waals surface area contributed by atoms with E-state index in [0.717, 1.165) is 6.54 Å². The normalized spacial score (nSPS) is 21.1. The van der Waals surface area contributed by atoms with Crippen LogP contribution in [0.3, 0.4) is 0 Å². The first-order valence-electron chi connectivity index (χ1n) is 7.38. The Morgan fingerprint density at radius 1 is 1.11 bits per heavy atom. The maximum absolute atomic E-state index is 5.85. The van der Waals surface area contributed by atoms with Crippen LogP contribution in [0.4, 0.5) is 0 Å². The van der Waals surface area contributed by atoms with E-state index in [0.29, 0.717) is 6.04 Å². The summed E-state index contributed by atoms with van der Waals surface area (Å²) in [7, 11) is 0. The highest BCUT2D eigenvalue weighted by atomic mass is 15.2. The number of unbranched alkanes of at least 4 members (excludes halogenated alkanes) is 1. The Balaban J connectivity index is 1.65. The molecule has 1 aromatic rings. The maximum atomic E-state index is 5.85. The number of hydrogen-bond acceptors (Lipinski definition) is 2. The van der Waals surface area contributed by atoms with Crippen LogP contribution in [0, 0.1) is 0 Å². The van der Waals surface area contributed by atoms with E-state index in [1.165, 1.54) is 57.2 Å². The van der Waals surface area contributed by atoms with Crippen molar-refractivity contribution < 1.29 is 0 Å². The number of likely N-dealkylation sites (tertiary alicyclic amines) is 1. The van der Waals surface area contributed by atoms with Crippen molar-refractivity contribution in [3.8, 4) is 0 Å². The highest BCUT2D eigenvalue weighted by molar-refractivity contribution is 5.14. The number of benzene rings is 1. The monoisotopic (exact) mass is 246 g/mol. The largest absolute Gasteiger partial charge is 0.329 e. The molecule has 0 aliphatic carbocycles. The van der Waals surface area contributed by atoms with Gasteiger partial charge in [0.15, 0.2) is 0 Å². The number of nitrogens with two attached hydrogens (primary N) is 1. The Bertz CT molecular complexity index is 323. The van der Waals surface area contributed by atoms with E-state index in [1.807, 2.05) is 0 Å². The topological polar surface area (TPSA) is 29.3 Å². The summed E-state index contributed by atoms with van der Waals surface area (Å²) >= 11 is 0. The Kier molecular flexibility index (Phi) is 5.69. The van der Waals surface area contributed by atoms with E-state index in [2.05, 4.69) is 35.2 Å². The molecule has 0 unspecified atom stereocenters. The Morgan fingerprint density at radius 3 is 2.72 bits per heavy atom. The summed E-state index contributed by atoms with van der Waals surface area (Å²) in [5, 5.41) is 0. The highest BCUT2D eigenvalue weighted by Gasteiger charge is 2.19. The van der Waals surface area contributed by atoms with E-state index in [9.17, 15) is 0 Å². The van der Waals surface area contributed by atoms with Gasteiger partial charge in [-0.15, -0.1) is 0 Å². The predicted molar refractivity (Wildman–Crippen MR) is 77.6 cm³/mol. The van der Waals surface area contributed by atoms with Crippen molar-refractivity contribution in [3.63, 3.8) is 0 Å². The van der Waals surface area contributed by atoms with Crippen LogP contribution in [0.5, 0.6) is 0 Å². The lowest BCUT2D eigenvalue weighted by molar-refractivity contribution is 0.150. The van der Waals surface area contributed by atoms with Crippen LogP contribution < -0.4 is 5.73 Å². The van der Waals surface area contributed by atoms with Gasteiger partial charge >= 0.3 is 0 Å². The van der Waals surface area contributed by atoms with Crippen LogP contribution in [-0.4, -0.2) is 30.6 Å². The van der Waals surface area contributed by atoms with E-state index in [-0.39, 0.29) is 0 Å². The molecule has 100 valence electrons. The van der Waals surface area contributed by atoms with Crippen LogP contribution in [-0.2, 0) is 6.42 Å². The van der Waals surface area contributed by atoms with Crippen LogP contribution in [0.2, 0.25) is 0 Å². The first-order chi connectivity index (χ1) is 8.90. The molecule has 18 heavy (non-hydrogen) atoms. The third kappa shape index (κ3) is 4.11. The summed E-state index contributed by atoms with van der Waals surface area (Å²) in [6, 6.07) is 11.4. The second-order valence-corrected chi connectivity index (χ2v) is 5.36. The molecule has 2 rings (SSSR count). The first-order valence-corrected chi connectivity index (χ1v) is 7.38. The smallest absolute Gasteiger partial charge is 0.0218 e. The lowest BCUT2D eigenvalue weighted by atomic mass is 10.0. The SMILES string of the molecule is NC[C@@H]1CCCCN1CCCCc1ccccc1. The quantitative estimate of drug-likeness (QED) is 0.782. The number of hydrogen-bond donors (Lipinski definition) is 1. The minimum Gasteiger partial charge on any atom is -0.329 e. The molecule has 0 radical (unpaired) electrons. The van der Waals surface area contributed by atoms with Gasteiger partial charge in [0.25, 0.3) is 0 Å². The van der Waals surface area contributed by atoms with Gasteiger partial charge in [0.05, 0.1) is 0 Å². The molecule has 1 saturated heterocycles. The summed E-state index contributed by atoms with van der Waals surface area (Å²) in [5.41, 5.74) is 7.31. The second kappa shape index (κ2) is 7.55. The van der Waals surface area contributed by atoms with Crippen molar-refractivity contribution in [2.75, 3.05) is 19.6 Å². The Labute approximate surface area is 111 Å². The van der Waals surface area contributed by atoms with Gasteiger partial charge in [0.2, 0.25) is 0 Å². The molecule has 1 aliphatic rings. The highest BCUT2D eigenvalue weighted by Crippen LogP contribution is 2.17. The Hall–Kier alpha value is -0.860. The zero-order valence-electron chi connectivity index (χ0n) is 11.4. The van der Waals surface area contributed by atoms with Gasteiger partial charge in [0, 0.05) is 12.6 Å². The lowest BCUT2D eigenvalue weighted by Gasteiger charge is -2.34. The molecule has 2 N–H and O–H groups in total. The average Bonchev–Trinajstić information content (AvgIpc) is 2.45. The van der Waals surface area contributed by atoms with Gasteiger partial charge in [-0.1, -0.05) is 36.8 Å². The van der Waals surface area contributed by atoms with E-state index < -0.39 is 0 Å². The molecule has 0 saturated carbocycles. The van der Waals surface area contributed by atoms with Crippen molar-refractivity contribution in [1.29, 1.82) is 0 Å². The fourth-order valence-corrected chi connectivity index (χ4v) is 2.91. The zero-order valence-corrected chi connectivity index (χ0v) is 11.4. The zero-order chi connectivity index (χ0) is 12.6. The van der Waals surface area contributed by atoms with Gasteiger partial charge in [-0.2, -0.15) is 0 Å². The molecule has 1 fully saturated rings. The van der Waals surface area contributed by atoms with Crippen LogP contribution >= 0.6 is 0 Å². The number of rotatable bonds is 6. The fraction of sp³-hybridized carbons (Fsp3) is 0.625. The number of piperidine rings is 1. The minimum atomic E-state index is 0.649. The maximum Gasteiger partial charge on any atom is 0.0218 e. The lowest BCUT2D eigenvalue weighted by Crippen LogP contribution is -2.44. The molecular weight excluding hydrogens is 220 g/mol. The molecular formula is C16H26N2. The van der Waals surface area contributed by atoms with Crippen molar-refractivity contribution in [2.45, 2.75) is 44.6 Å². The van der Waals surface area contributed by atoms with E-state index in [1.54, 1.807) is 0 Å². The van der Waals surface area contributed by atoms with Gasteiger partial charge in [-0.05, 0) is 50.8 Å². The van der Waals surface area contributed by atoms with Gasteiger partial charge in [0.1, 0.15) is 0 Å². The summed E-state index contributed by atoms with van der Waals surface area (Å²) in [4.78, 5) is 2.61. The van der Waals surface area contributed by atoms with Crippen molar-refractivity contribution >= 4 is 0 Å². The molecule has 1 atom stereocenters. The molecule has 0 bridgehead atoms. The number of nitrogens with zero attached hydrogens (tertiary/aromatic N) is 1. The summed E-state index contributed by atoms with van der Waals surface area (Å²) < 4.78 is 0. The van der Waals surface area contributed by atoms with Gasteiger partial charge < -0.3 is 5.73 Å². The molecule has 0 aromatic heterocycles. The molecule has 0 spiro atoms. The third-order valence-electron chi connectivity index (χ3n) is 4.02. The summed E-state index contributed by atoms with van der Waals surface area (Å²) in [6.45, 7) is 3.32. The molecule has 2 heteroatoms.